The maximum absolute atomic E-state index is 13.5. The Morgan fingerprint density at radius 3 is 2.89 bits per heavy atom. The molecule has 0 saturated carbocycles. The van der Waals surface area contributed by atoms with Gasteiger partial charge in [0.1, 0.15) is 6.04 Å². The third-order valence-electron chi connectivity index (χ3n) is 3.28. The highest BCUT2D eigenvalue weighted by atomic mass is 19.2. The summed E-state index contributed by atoms with van der Waals surface area (Å²) in [5, 5.41) is 11.9. The van der Waals surface area contributed by atoms with Crippen LogP contribution in [0.25, 0.3) is 0 Å². The summed E-state index contributed by atoms with van der Waals surface area (Å²) in [4.78, 5) is 10.9. The number of halogens is 2. The van der Waals surface area contributed by atoms with Crippen LogP contribution in [0.3, 0.4) is 0 Å². The molecule has 1 aromatic rings. The van der Waals surface area contributed by atoms with Crippen molar-refractivity contribution in [2.24, 2.45) is 0 Å². The first-order chi connectivity index (χ1) is 8.58. The van der Waals surface area contributed by atoms with Gasteiger partial charge in [0, 0.05) is 6.04 Å². The van der Waals surface area contributed by atoms with E-state index in [1.54, 1.807) is 0 Å². The first-order valence-corrected chi connectivity index (χ1v) is 5.99. The van der Waals surface area contributed by atoms with Crippen molar-refractivity contribution >= 4 is 5.97 Å². The lowest BCUT2D eigenvalue weighted by atomic mass is 9.93. The van der Waals surface area contributed by atoms with Crippen LogP contribution in [0.5, 0.6) is 0 Å². The quantitative estimate of drug-likeness (QED) is 0.869. The Bertz CT molecular complexity index is 451. The van der Waals surface area contributed by atoms with E-state index in [9.17, 15) is 13.6 Å². The van der Waals surface area contributed by atoms with Gasteiger partial charge in [0.05, 0.1) is 0 Å². The molecule has 1 aromatic carbocycles. The number of nitrogens with one attached hydrogen (secondary N) is 1. The molecule has 2 atom stereocenters. The minimum absolute atomic E-state index is 0.115. The van der Waals surface area contributed by atoms with Crippen molar-refractivity contribution in [3.63, 3.8) is 0 Å². The van der Waals surface area contributed by atoms with Crippen molar-refractivity contribution < 1.29 is 18.7 Å². The predicted octanol–water partition coefficient (Wildman–Crippen LogP) is 2.10. The lowest BCUT2D eigenvalue weighted by Crippen LogP contribution is -2.47. The maximum Gasteiger partial charge on any atom is 0.320 e. The van der Waals surface area contributed by atoms with Crippen molar-refractivity contribution in [3.05, 3.63) is 35.4 Å². The van der Waals surface area contributed by atoms with Crippen molar-refractivity contribution in [1.29, 1.82) is 0 Å². The van der Waals surface area contributed by atoms with Gasteiger partial charge in [0.15, 0.2) is 11.6 Å². The van der Waals surface area contributed by atoms with Gasteiger partial charge in [-0.3, -0.25) is 4.79 Å². The molecule has 0 aliphatic carbocycles. The van der Waals surface area contributed by atoms with Crippen LogP contribution < -0.4 is 5.32 Å². The van der Waals surface area contributed by atoms with Crippen LogP contribution >= 0.6 is 0 Å². The number of carboxylic acids is 1. The SMILES string of the molecule is O=C(O)C1CCCC(Cc2cccc(F)c2F)N1. The molecule has 1 saturated heterocycles. The fraction of sp³-hybridized carbons (Fsp3) is 0.462. The minimum atomic E-state index is -0.889. The molecule has 0 radical (unpaired) electrons. The predicted molar refractivity (Wildman–Crippen MR) is 62.3 cm³/mol. The first-order valence-electron chi connectivity index (χ1n) is 5.99. The Balaban J connectivity index is 2.05. The van der Waals surface area contributed by atoms with Crippen LogP contribution in [0.1, 0.15) is 24.8 Å². The molecule has 0 bridgehead atoms. The zero-order chi connectivity index (χ0) is 13.1. The lowest BCUT2D eigenvalue weighted by Gasteiger charge is -2.28. The number of piperidine rings is 1. The van der Waals surface area contributed by atoms with Crippen LogP contribution in [-0.2, 0) is 11.2 Å². The smallest absolute Gasteiger partial charge is 0.320 e. The Morgan fingerprint density at radius 1 is 1.39 bits per heavy atom. The third-order valence-corrected chi connectivity index (χ3v) is 3.28. The molecule has 2 rings (SSSR count). The van der Waals surface area contributed by atoms with Gasteiger partial charge in [-0.05, 0) is 37.3 Å². The largest absolute Gasteiger partial charge is 0.480 e. The van der Waals surface area contributed by atoms with Crippen molar-refractivity contribution in [2.75, 3.05) is 0 Å². The van der Waals surface area contributed by atoms with E-state index in [2.05, 4.69) is 5.32 Å². The first kappa shape index (κ1) is 13.0. The summed E-state index contributed by atoms with van der Waals surface area (Å²) in [6.07, 6.45) is 2.45. The molecule has 1 aliphatic heterocycles. The summed E-state index contributed by atoms with van der Waals surface area (Å²) >= 11 is 0. The van der Waals surface area contributed by atoms with Crippen LogP contribution in [0.2, 0.25) is 0 Å². The second-order valence-corrected chi connectivity index (χ2v) is 4.60. The van der Waals surface area contributed by atoms with Crippen molar-refractivity contribution in [3.8, 4) is 0 Å². The molecule has 0 amide bonds. The van der Waals surface area contributed by atoms with E-state index < -0.39 is 23.6 Å². The Morgan fingerprint density at radius 2 is 2.17 bits per heavy atom. The zero-order valence-corrected chi connectivity index (χ0v) is 9.83. The van der Waals surface area contributed by atoms with Gasteiger partial charge in [-0.25, -0.2) is 8.78 Å². The molecule has 18 heavy (non-hydrogen) atoms. The Hall–Kier alpha value is -1.49. The molecule has 2 N–H and O–H groups in total. The normalized spacial score (nSPS) is 23.9. The summed E-state index contributed by atoms with van der Waals surface area (Å²) in [7, 11) is 0. The van der Waals surface area contributed by atoms with E-state index in [4.69, 9.17) is 5.11 Å². The molecule has 3 nitrogen and oxygen atoms in total. The number of aliphatic carboxylic acids is 1. The van der Waals surface area contributed by atoms with Crippen molar-refractivity contribution in [1.82, 2.24) is 5.32 Å². The monoisotopic (exact) mass is 255 g/mol. The fourth-order valence-corrected chi connectivity index (χ4v) is 2.35. The summed E-state index contributed by atoms with van der Waals surface area (Å²) in [6, 6.07) is 3.37. The van der Waals surface area contributed by atoms with Crippen LogP contribution in [-0.4, -0.2) is 23.2 Å². The number of carbonyl (C=O) groups is 1. The molecule has 0 aromatic heterocycles. The van der Waals surface area contributed by atoms with E-state index >= 15 is 0 Å². The summed E-state index contributed by atoms with van der Waals surface area (Å²) in [6.45, 7) is 0. The Labute approximate surface area is 104 Å². The molecular formula is C13H15F2NO2. The zero-order valence-electron chi connectivity index (χ0n) is 9.83. The molecule has 1 aliphatic rings. The summed E-state index contributed by atoms with van der Waals surface area (Å²) in [5.74, 6) is -2.59. The van der Waals surface area contributed by atoms with Crippen LogP contribution in [0, 0.1) is 11.6 Å². The van der Waals surface area contributed by atoms with Crippen LogP contribution in [0.15, 0.2) is 18.2 Å². The van der Waals surface area contributed by atoms with E-state index in [0.29, 0.717) is 18.4 Å². The van der Waals surface area contributed by atoms with Gasteiger partial charge in [-0.2, -0.15) is 0 Å². The molecule has 2 unspecified atom stereocenters. The number of rotatable bonds is 3. The van der Waals surface area contributed by atoms with Gasteiger partial charge in [0.2, 0.25) is 0 Å². The average molecular weight is 255 g/mol. The van der Waals surface area contributed by atoms with Gasteiger partial charge in [-0.15, -0.1) is 0 Å². The van der Waals surface area contributed by atoms with Gasteiger partial charge < -0.3 is 10.4 Å². The standard InChI is InChI=1S/C13H15F2NO2/c14-10-5-1-3-8(12(10)15)7-9-4-2-6-11(16-9)13(17)18/h1,3,5,9,11,16H,2,4,6-7H2,(H,17,18). The maximum atomic E-state index is 13.5. The highest BCUT2D eigenvalue weighted by Crippen LogP contribution is 2.19. The minimum Gasteiger partial charge on any atom is -0.480 e. The van der Waals surface area contributed by atoms with Gasteiger partial charge >= 0.3 is 5.97 Å². The summed E-state index contributed by atoms with van der Waals surface area (Å²) in [5.41, 5.74) is 0.290. The molecular weight excluding hydrogens is 240 g/mol. The van der Waals surface area contributed by atoms with Crippen molar-refractivity contribution in [2.45, 2.75) is 37.8 Å². The summed E-state index contributed by atoms with van der Waals surface area (Å²) < 4.78 is 26.5. The van der Waals surface area contributed by atoms with E-state index in [1.807, 2.05) is 0 Å². The second kappa shape index (κ2) is 5.44. The number of hydrogen-bond acceptors (Lipinski definition) is 2. The van der Waals surface area contributed by atoms with E-state index in [0.717, 1.165) is 18.9 Å². The third kappa shape index (κ3) is 2.85. The number of carboxylic acid groups (broad SMARTS) is 1. The molecule has 98 valence electrons. The highest BCUT2D eigenvalue weighted by Gasteiger charge is 2.26. The molecule has 5 heteroatoms. The topological polar surface area (TPSA) is 49.3 Å². The van der Waals surface area contributed by atoms with Crippen LogP contribution in [0.4, 0.5) is 8.78 Å². The van der Waals surface area contributed by atoms with Gasteiger partial charge in [-0.1, -0.05) is 12.1 Å². The van der Waals surface area contributed by atoms with E-state index in [1.165, 1.54) is 12.1 Å². The fourth-order valence-electron chi connectivity index (χ4n) is 2.35. The van der Waals surface area contributed by atoms with Gasteiger partial charge in [0.25, 0.3) is 0 Å². The molecule has 1 fully saturated rings. The highest BCUT2D eigenvalue weighted by molar-refractivity contribution is 5.73. The number of benzene rings is 1. The second-order valence-electron chi connectivity index (χ2n) is 4.60. The number of hydrogen-bond donors (Lipinski definition) is 2. The lowest BCUT2D eigenvalue weighted by molar-refractivity contribution is -0.140. The Kier molecular flexibility index (Phi) is 3.91. The van der Waals surface area contributed by atoms with E-state index in [-0.39, 0.29) is 6.04 Å². The molecule has 1 heterocycles. The average Bonchev–Trinajstić information content (AvgIpc) is 2.35. The molecule has 0 spiro atoms.